The number of hydrogen-bond acceptors (Lipinski definition) is 4. The Hall–Kier alpha value is -3.10. The minimum Gasteiger partial charge on any atom is -0.351 e. The molecule has 4 bridgehead atoms. The van der Waals surface area contributed by atoms with E-state index in [1.165, 1.54) is 96.6 Å². The zero-order valence-electron chi connectivity index (χ0n) is 33.7. The minimum atomic E-state index is -0.234. The molecule has 0 unspecified atom stereocenters. The summed E-state index contributed by atoms with van der Waals surface area (Å²) in [7, 11) is 0. The first kappa shape index (κ1) is 38.8. The number of nitrogens with zero attached hydrogens (tertiary/aromatic N) is 4. The largest absolute Gasteiger partial charge is 0.351 e. The second-order valence-corrected chi connectivity index (χ2v) is 18.4. The van der Waals surface area contributed by atoms with E-state index in [9.17, 15) is 9.59 Å². The van der Waals surface area contributed by atoms with Crippen LogP contribution >= 0.6 is 0 Å². The van der Waals surface area contributed by atoms with Crippen LogP contribution in [0.5, 0.6) is 0 Å². The van der Waals surface area contributed by atoms with Gasteiger partial charge in [-0.15, -0.1) is 0 Å². The van der Waals surface area contributed by atoms with E-state index in [-0.39, 0.29) is 12.1 Å². The smallest absolute Gasteiger partial charge is 0.315 e. The summed E-state index contributed by atoms with van der Waals surface area (Å²) in [6.45, 7) is 4.01. The predicted octanol–water partition coefficient (Wildman–Crippen LogP) is 10.2. The maximum atomic E-state index is 12.5. The van der Waals surface area contributed by atoms with Crippen molar-refractivity contribution in [3.05, 3.63) is 70.8 Å². The fourth-order valence-corrected chi connectivity index (χ4v) is 12.5. The zero-order chi connectivity index (χ0) is 37.7. The molecule has 6 aliphatic rings. The van der Waals surface area contributed by atoms with E-state index >= 15 is 0 Å². The summed E-state index contributed by atoms with van der Waals surface area (Å²) in [4.78, 5) is 34.5. The van der Waals surface area contributed by atoms with Gasteiger partial charge in [0.25, 0.3) is 0 Å². The van der Waals surface area contributed by atoms with Crippen molar-refractivity contribution in [3.63, 3.8) is 0 Å². The molecule has 4 heterocycles. The van der Waals surface area contributed by atoms with Gasteiger partial charge in [0, 0.05) is 49.3 Å². The molecule has 0 spiro atoms. The third-order valence-electron chi connectivity index (χ3n) is 15.4. The lowest BCUT2D eigenvalue weighted by Gasteiger charge is -2.37. The van der Waals surface area contributed by atoms with E-state index < -0.39 is 0 Å². The van der Waals surface area contributed by atoms with Crippen LogP contribution in [0, 0.1) is 11.8 Å². The van der Waals surface area contributed by atoms with Crippen LogP contribution in [-0.2, 0) is 0 Å². The van der Waals surface area contributed by atoms with Crippen LogP contribution in [-0.4, -0.2) is 69.9 Å². The molecule has 2 aromatic carbocycles. The molecule has 0 radical (unpaired) electrons. The Labute approximate surface area is 331 Å². The van der Waals surface area contributed by atoms with E-state index in [1.54, 1.807) is 22.3 Å². The molecule has 55 heavy (non-hydrogen) atoms. The van der Waals surface area contributed by atoms with Gasteiger partial charge in [0.05, 0.1) is 0 Å². The molecule has 4 fully saturated rings. The Morgan fingerprint density at radius 2 is 0.782 bits per heavy atom. The van der Waals surface area contributed by atoms with Crippen molar-refractivity contribution in [1.82, 2.24) is 19.6 Å². The van der Waals surface area contributed by atoms with Gasteiger partial charge >= 0.3 is 12.1 Å². The monoisotopic (exact) mass is 751 g/mol. The van der Waals surface area contributed by atoms with Crippen molar-refractivity contribution in [2.75, 3.05) is 26.2 Å². The minimum absolute atomic E-state index is 0.234. The van der Waals surface area contributed by atoms with E-state index in [4.69, 9.17) is 11.5 Å². The third-order valence-corrected chi connectivity index (χ3v) is 15.4. The third kappa shape index (κ3) is 8.61. The van der Waals surface area contributed by atoms with Crippen LogP contribution in [0.25, 0.3) is 0 Å². The number of hydrogen-bond donors (Lipinski definition) is 2. The van der Waals surface area contributed by atoms with Crippen molar-refractivity contribution in [2.45, 2.75) is 171 Å². The highest BCUT2D eigenvalue weighted by Gasteiger charge is 2.44. The lowest BCUT2D eigenvalue weighted by Crippen LogP contribution is -2.45. The molecule has 2 saturated carbocycles. The number of amides is 4. The summed E-state index contributed by atoms with van der Waals surface area (Å²) in [6, 6.07) is 20.9. The van der Waals surface area contributed by atoms with Crippen LogP contribution in [0.1, 0.15) is 181 Å². The van der Waals surface area contributed by atoms with Crippen LogP contribution in [0.3, 0.4) is 0 Å². The average Bonchev–Trinajstić information content (AvgIpc) is 3.97. The number of nitrogens with two attached hydrogens (primary N) is 2. The Morgan fingerprint density at radius 3 is 1.09 bits per heavy atom. The van der Waals surface area contributed by atoms with Crippen molar-refractivity contribution < 1.29 is 9.59 Å². The lowest BCUT2D eigenvalue weighted by molar-refractivity contribution is 0.137. The number of fused-ring (bicyclic) bond motifs is 10. The van der Waals surface area contributed by atoms with Gasteiger partial charge in [0.2, 0.25) is 0 Å². The Morgan fingerprint density at radius 1 is 0.473 bits per heavy atom. The van der Waals surface area contributed by atoms with Crippen LogP contribution in [0.2, 0.25) is 0 Å². The summed E-state index contributed by atoms with van der Waals surface area (Å²) in [5.74, 6) is 1.53. The Balaban J connectivity index is 0.658. The predicted molar refractivity (Wildman–Crippen MR) is 221 cm³/mol. The normalized spacial score (nSPS) is 29.7. The number of carbonyl (C=O) groups excluding carboxylic acids is 2. The highest BCUT2D eigenvalue weighted by Crippen LogP contribution is 2.54. The summed E-state index contributed by atoms with van der Waals surface area (Å²) < 4.78 is 0. The fourth-order valence-electron chi connectivity index (χ4n) is 12.5. The number of unbranched alkanes of at least 4 members (excludes halogenated alkanes) is 6. The number of urea groups is 2. The molecule has 8 nitrogen and oxygen atoms in total. The first-order valence-corrected chi connectivity index (χ1v) is 22.8. The van der Waals surface area contributed by atoms with Crippen molar-refractivity contribution in [3.8, 4) is 0 Å². The van der Waals surface area contributed by atoms with Gasteiger partial charge in [-0.1, -0.05) is 80.6 Å². The highest BCUT2D eigenvalue weighted by molar-refractivity contribution is 5.72. The van der Waals surface area contributed by atoms with E-state index in [0.29, 0.717) is 36.3 Å². The molecule has 8 heteroatoms. The molecular formula is C47H70N6O2. The van der Waals surface area contributed by atoms with Gasteiger partial charge in [-0.25, -0.2) is 9.59 Å². The molecule has 4 atom stereocenters. The van der Waals surface area contributed by atoms with Gasteiger partial charge in [-0.3, -0.25) is 9.80 Å². The van der Waals surface area contributed by atoms with Crippen molar-refractivity contribution in [1.29, 1.82) is 0 Å². The quantitative estimate of drug-likeness (QED) is 0.148. The molecule has 2 aliphatic carbocycles. The molecule has 8 rings (SSSR count). The summed E-state index contributed by atoms with van der Waals surface area (Å²) in [5.41, 5.74) is 18.2. The first-order valence-electron chi connectivity index (χ1n) is 22.8. The fraction of sp³-hybridized carbons (Fsp3) is 0.702. The zero-order valence-corrected chi connectivity index (χ0v) is 33.7. The summed E-state index contributed by atoms with van der Waals surface area (Å²) >= 11 is 0. The molecule has 4 N–H and O–H groups in total. The van der Waals surface area contributed by atoms with Crippen molar-refractivity contribution >= 4 is 12.1 Å². The summed E-state index contributed by atoms with van der Waals surface area (Å²) in [5, 5.41) is 0. The maximum absolute atomic E-state index is 12.5. The molecule has 300 valence electrons. The van der Waals surface area contributed by atoms with Gasteiger partial charge in [-0.2, -0.15) is 0 Å². The van der Waals surface area contributed by atoms with Gasteiger partial charge < -0.3 is 21.3 Å². The molecule has 2 aromatic rings. The van der Waals surface area contributed by atoms with Crippen LogP contribution in [0.4, 0.5) is 9.59 Å². The maximum Gasteiger partial charge on any atom is 0.315 e. The van der Waals surface area contributed by atoms with E-state index in [0.717, 1.165) is 76.3 Å². The second kappa shape index (κ2) is 18.0. The van der Waals surface area contributed by atoms with Crippen LogP contribution < -0.4 is 11.5 Å². The first-order chi connectivity index (χ1) is 27.0. The highest BCUT2D eigenvalue weighted by atomic mass is 16.2. The molecule has 4 aliphatic heterocycles. The molecule has 0 aromatic heterocycles. The standard InChI is InChI=1S/C47H70N6O2/c48-46(54)50(36-20-16-34(17-21-36)28-32-52-42-24-25-43(52)39-13-7-6-12-38(39)42)30-10-4-2-1-3-5-11-31-51(47(49)55)37-22-18-35(19-23-37)29-33-53-44-26-27-45(53)41-15-9-8-14-40(41)44/h6-9,12-15,34-37,42-45H,1-5,10-11,16-33H2,(H2,48,54)(H2,49,55)/t34?,35?,36?,37?,42-,43+,44-,45+. The number of benzene rings is 2. The average molecular weight is 751 g/mol. The topological polar surface area (TPSA) is 99.1 Å². The van der Waals surface area contributed by atoms with Crippen molar-refractivity contribution in [2.24, 2.45) is 23.3 Å². The molecule has 2 saturated heterocycles. The van der Waals surface area contributed by atoms with Crippen LogP contribution in [0.15, 0.2) is 48.5 Å². The van der Waals surface area contributed by atoms with Gasteiger partial charge in [-0.05, 0) is 150 Å². The summed E-state index contributed by atoms with van der Waals surface area (Å²) in [6.07, 6.45) is 25.0. The number of primary amides is 2. The molecule has 4 amide bonds. The van der Waals surface area contributed by atoms with E-state index in [2.05, 4.69) is 58.3 Å². The lowest BCUT2D eigenvalue weighted by atomic mass is 9.83. The number of carbonyl (C=O) groups is 2. The Kier molecular flexibility index (Phi) is 12.7. The Bertz CT molecular complexity index is 1410. The SMILES string of the molecule is NC(=O)N(CCCCCCCCCN(C(N)=O)C1CCC(CCN2[C@@H]3CC[C@H]2c2ccccc23)CC1)C1CCC(CCN2[C@@H]3CC[C@H]2c2ccccc23)CC1. The van der Waals surface area contributed by atoms with E-state index in [1.807, 2.05) is 9.80 Å². The van der Waals surface area contributed by atoms with Gasteiger partial charge in [0.1, 0.15) is 0 Å². The number of rotatable bonds is 18. The second-order valence-electron chi connectivity index (χ2n) is 18.4. The van der Waals surface area contributed by atoms with Gasteiger partial charge in [0.15, 0.2) is 0 Å². The molecular weight excluding hydrogens is 681 g/mol.